The summed E-state index contributed by atoms with van der Waals surface area (Å²) in [6.45, 7) is 0.942. The molecule has 3 nitrogen and oxygen atoms in total. The molecule has 0 saturated heterocycles. The maximum atomic E-state index is 5.83. The van der Waals surface area contributed by atoms with Crippen LogP contribution >= 0.6 is 11.6 Å². The first kappa shape index (κ1) is 11.2. The smallest absolute Gasteiger partial charge is 0.0646 e. The van der Waals surface area contributed by atoms with Crippen molar-refractivity contribution in [3.63, 3.8) is 0 Å². The van der Waals surface area contributed by atoms with E-state index in [0.717, 1.165) is 29.4 Å². The van der Waals surface area contributed by atoms with Crippen LogP contribution in [0.5, 0.6) is 0 Å². The van der Waals surface area contributed by atoms with E-state index in [-0.39, 0.29) is 0 Å². The van der Waals surface area contributed by atoms with Gasteiger partial charge in [0.05, 0.1) is 11.4 Å². The number of hydrogen-bond donors (Lipinski definition) is 1. The first-order valence-electron chi connectivity index (χ1n) is 5.24. The second kappa shape index (κ2) is 5.14. The van der Waals surface area contributed by atoms with Crippen LogP contribution < -0.4 is 5.32 Å². The van der Waals surface area contributed by atoms with Gasteiger partial charge < -0.3 is 5.32 Å². The van der Waals surface area contributed by atoms with Crippen molar-refractivity contribution in [3.8, 4) is 5.69 Å². The summed E-state index contributed by atoms with van der Waals surface area (Å²) in [5.74, 6) is 0. The summed E-state index contributed by atoms with van der Waals surface area (Å²) in [5.41, 5.74) is 2.12. The van der Waals surface area contributed by atoms with E-state index in [0.29, 0.717) is 0 Å². The van der Waals surface area contributed by atoms with E-state index >= 15 is 0 Å². The minimum Gasteiger partial charge on any atom is -0.319 e. The van der Waals surface area contributed by atoms with E-state index in [1.807, 2.05) is 48.3 Å². The second-order valence-corrected chi connectivity index (χ2v) is 4.02. The monoisotopic (exact) mass is 235 g/mol. The number of halogens is 1. The molecule has 16 heavy (non-hydrogen) atoms. The Morgan fingerprint density at radius 3 is 2.69 bits per heavy atom. The van der Waals surface area contributed by atoms with Crippen molar-refractivity contribution in [1.82, 2.24) is 15.1 Å². The van der Waals surface area contributed by atoms with Crippen molar-refractivity contribution in [3.05, 3.63) is 47.2 Å². The fourth-order valence-electron chi connectivity index (χ4n) is 1.49. The van der Waals surface area contributed by atoms with Crippen LogP contribution in [0.25, 0.3) is 5.69 Å². The molecule has 0 amide bonds. The van der Waals surface area contributed by atoms with Crippen molar-refractivity contribution < 1.29 is 0 Å². The molecular formula is C12H14ClN3. The number of aromatic nitrogens is 2. The van der Waals surface area contributed by atoms with E-state index in [4.69, 9.17) is 11.6 Å². The van der Waals surface area contributed by atoms with Crippen LogP contribution in [0.2, 0.25) is 5.02 Å². The molecule has 0 radical (unpaired) electrons. The van der Waals surface area contributed by atoms with E-state index in [2.05, 4.69) is 10.4 Å². The zero-order valence-corrected chi connectivity index (χ0v) is 9.91. The third kappa shape index (κ3) is 2.62. The maximum absolute atomic E-state index is 5.83. The lowest BCUT2D eigenvalue weighted by molar-refractivity contribution is 0.755. The lowest BCUT2D eigenvalue weighted by Crippen LogP contribution is -2.10. The number of nitrogens with one attached hydrogen (secondary N) is 1. The number of likely N-dealkylation sites (N-methyl/N-ethyl adjacent to an activating group) is 1. The van der Waals surface area contributed by atoms with Crippen LogP contribution in [0, 0.1) is 0 Å². The van der Waals surface area contributed by atoms with Crippen LogP contribution in [-0.4, -0.2) is 23.4 Å². The Bertz CT molecular complexity index is 448. The summed E-state index contributed by atoms with van der Waals surface area (Å²) < 4.78 is 1.86. The van der Waals surface area contributed by atoms with Gasteiger partial charge in [0.25, 0.3) is 0 Å². The number of nitrogens with zero attached hydrogens (tertiary/aromatic N) is 2. The first-order valence-corrected chi connectivity index (χ1v) is 5.62. The maximum Gasteiger partial charge on any atom is 0.0646 e. The Balaban J connectivity index is 2.15. The van der Waals surface area contributed by atoms with Gasteiger partial charge in [0.2, 0.25) is 0 Å². The Morgan fingerprint density at radius 2 is 2.00 bits per heavy atom. The highest BCUT2D eigenvalue weighted by atomic mass is 35.5. The molecule has 84 valence electrons. The van der Waals surface area contributed by atoms with Gasteiger partial charge in [-0.1, -0.05) is 11.6 Å². The van der Waals surface area contributed by atoms with Crippen LogP contribution in [-0.2, 0) is 6.42 Å². The normalized spacial score (nSPS) is 10.6. The average Bonchev–Trinajstić information content (AvgIpc) is 2.76. The molecule has 2 rings (SSSR count). The van der Waals surface area contributed by atoms with E-state index in [1.165, 1.54) is 0 Å². The molecule has 4 heteroatoms. The minimum absolute atomic E-state index is 0.742. The van der Waals surface area contributed by atoms with Crippen molar-refractivity contribution in [2.45, 2.75) is 6.42 Å². The third-order valence-corrected chi connectivity index (χ3v) is 2.62. The molecular weight excluding hydrogens is 222 g/mol. The van der Waals surface area contributed by atoms with Gasteiger partial charge in [0.15, 0.2) is 0 Å². The van der Waals surface area contributed by atoms with Gasteiger partial charge in [-0.25, -0.2) is 4.68 Å². The zero-order chi connectivity index (χ0) is 11.4. The standard InChI is InChI=1S/C12H14ClN3/c1-14-8-6-11-7-9-16(15-11)12-4-2-10(13)3-5-12/h2-5,7,9,14H,6,8H2,1H3. The summed E-state index contributed by atoms with van der Waals surface area (Å²) in [5, 5.41) is 8.33. The lowest BCUT2D eigenvalue weighted by atomic mass is 10.3. The summed E-state index contributed by atoms with van der Waals surface area (Å²) in [6, 6.07) is 9.68. The fourth-order valence-corrected chi connectivity index (χ4v) is 1.61. The molecule has 0 aliphatic heterocycles. The van der Waals surface area contributed by atoms with Gasteiger partial charge in [-0.3, -0.25) is 0 Å². The molecule has 0 unspecified atom stereocenters. The SMILES string of the molecule is CNCCc1ccn(-c2ccc(Cl)cc2)n1. The molecule has 1 aromatic carbocycles. The van der Waals surface area contributed by atoms with Gasteiger partial charge in [-0.2, -0.15) is 5.10 Å². The molecule has 1 aromatic heterocycles. The summed E-state index contributed by atoms with van der Waals surface area (Å²) in [4.78, 5) is 0. The molecule has 2 aromatic rings. The Labute approximate surface area is 100 Å². The van der Waals surface area contributed by atoms with Crippen LogP contribution in [0.3, 0.4) is 0 Å². The van der Waals surface area contributed by atoms with Gasteiger partial charge in [-0.15, -0.1) is 0 Å². The Kier molecular flexibility index (Phi) is 3.59. The quantitative estimate of drug-likeness (QED) is 0.881. The molecule has 0 spiro atoms. The Morgan fingerprint density at radius 1 is 1.25 bits per heavy atom. The molecule has 0 fully saturated rings. The van der Waals surface area contributed by atoms with Gasteiger partial charge >= 0.3 is 0 Å². The third-order valence-electron chi connectivity index (χ3n) is 2.37. The molecule has 0 atom stereocenters. The van der Waals surface area contributed by atoms with Crippen molar-refractivity contribution in [2.24, 2.45) is 0 Å². The highest BCUT2D eigenvalue weighted by Gasteiger charge is 2.00. The topological polar surface area (TPSA) is 29.9 Å². The number of benzene rings is 1. The fraction of sp³-hybridized carbons (Fsp3) is 0.250. The zero-order valence-electron chi connectivity index (χ0n) is 9.15. The molecule has 0 aliphatic rings. The average molecular weight is 236 g/mol. The van der Waals surface area contributed by atoms with Crippen molar-refractivity contribution >= 4 is 11.6 Å². The van der Waals surface area contributed by atoms with Gasteiger partial charge in [-0.05, 0) is 37.4 Å². The van der Waals surface area contributed by atoms with Gasteiger partial charge in [0, 0.05) is 24.2 Å². The predicted molar refractivity (Wildman–Crippen MR) is 66.2 cm³/mol. The van der Waals surface area contributed by atoms with Crippen LogP contribution in [0.4, 0.5) is 0 Å². The number of hydrogen-bond acceptors (Lipinski definition) is 2. The highest BCUT2D eigenvalue weighted by molar-refractivity contribution is 6.30. The molecule has 1 N–H and O–H groups in total. The lowest BCUT2D eigenvalue weighted by Gasteiger charge is -2.01. The molecule has 0 bridgehead atoms. The van der Waals surface area contributed by atoms with Crippen molar-refractivity contribution in [2.75, 3.05) is 13.6 Å². The van der Waals surface area contributed by atoms with Gasteiger partial charge in [0.1, 0.15) is 0 Å². The summed E-state index contributed by atoms with van der Waals surface area (Å²) in [6.07, 6.45) is 2.91. The second-order valence-electron chi connectivity index (χ2n) is 3.58. The summed E-state index contributed by atoms with van der Waals surface area (Å²) >= 11 is 5.83. The van der Waals surface area contributed by atoms with Crippen LogP contribution in [0.1, 0.15) is 5.69 Å². The largest absolute Gasteiger partial charge is 0.319 e. The van der Waals surface area contributed by atoms with Crippen LogP contribution in [0.15, 0.2) is 36.5 Å². The number of rotatable bonds is 4. The Hall–Kier alpha value is -1.32. The summed E-state index contributed by atoms with van der Waals surface area (Å²) in [7, 11) is 1.94. The molecule has 1 heterocycles. The minimum atomic E-state index is 0.742. The predicted octanol–water partition coefficient (Wildman–Crippen LogP) is 2.29. The molecule has 0 aliphatic carbocycles. The van der Waals surface area contributed by atoms with E-state index < -0.39 is 0 Å². The highest BCUT2D eigenvalue weighted by Crippen LogP contribution is 2.13. The van der Waals surface area contributed by atoms with E-state index in [9.17, 15) is 0 Å². The van der Waals surface area contributed by atoms with Crippen molar-refractivity contribution in [1.29, 1.82) is 0 Å². The molecule has 0 saturated carbocycles. The van der Waals surface area contributed by atoms with E-state index in [1.54, 1.807) is 0 Å². The first-order chi connectivity index (χ1) is 7.79.